The maximum absolute atomic E-state index is 10.6. The van der Waals surface area contributed by atoms with Crippen molar-refractivity contribution in [2.75, 3.05) is 7.11 Å². The van der Waals surface area contributed by atoms with Gasteiger partial charge < -0.3 is 4.74 Å². The van der Waals surface area contributed by atoms with Gasteiger partial charge in [0.2, 0.25) is 0 Å². The Morgan fingerprint density at radius 1 is 1.50 bits per heavy atom. The second kappa shape index (κ2) is 3.72. The topological polar surface area (TPSA) is 26.3 Å². The first-order valence-electron chi connectivity index (χ1n) is 3.58. The highest BCUT2D eigenvalue weighted by Crippen LogP contribution is 2.21. The van der Waals surface area contributed by atoms with Crippen LogP contribution >= 0.6 is 0 Å². The van der Waals surface area contributed by atoms with Crippen molar-refractivity contribution in [2.45, 2.75) is 0 Å². The van der Waals surface area contributed by atoms with Gasteiger partial charge in [0.05, 0.1) is 7.11 Å². The van der Waals surface area contributed by atoms with Crippen LogP contribution in [-0.2, 0) is 0 Å². The van der Waals surface area contributed by atoms with Gasteiger partial charge in [-0.3, -0.25) is 4.79 Å². The van der Waals surface area contributed by atoms with Gasteiger partial charge in [-0.15, -0.1) is 0 Å². The number of rotatable bonds is 3. The molecule has 62 valence electrons. The van der Waals surface area contributed by atoms with Crippen LogP contribution in [0.2, 0.25) is 0 Å². The molecule has 0 amide bonds. The molecule has 0 radical (unpaired) electrons. The lowest BCUT2D eigenvalue weighted by Crippen LogP contribution is -1.91. The lowest BCUT2D eigenvalue weighted by Gasteiger charge is -2.05. The van der Waals surface area contributed by atoms with E-state index in [-0.39, 0.29) is 0 Å². The molecule has 2 heteroatoms. The Labute approximate surface area is 71.5 Å². The fourth-order valence-electron chi connectivity index (χ4n) is 1.06. The Balaban J connectivity index is 3.31. The molecule has 1 rings (SSSR count). The van der Waals surface area contributed by atoms with E-state index in [2.05, 4.69) is 6.58 Å². The average molecular weight is 162 g/mol. The standard InChI is InChI=1S/C10H10O2/c1-3-9-8(7-11)5-4-6-10(9)12-2/h3-7H,1H2,2H3. The lowest BCUT2D eigenvalue weighted by atomic mass is 10.1. The minimum Gasteiger partial charge on any atom is -0.496 e. The summed E-state index contributed by atoms with van der Waals surface area (Å²) in [5, 5.41) is 0. The van der Waals surface area contributed by atoms with Gasteiger partial charge in [-0.05, 0) is 6.07 Å². The van der Waals surface area contributed by atoms with Gasteiger partial charge in [-0.1, -0.05) is 24.8 Å². The summed E-state index contributed by atoms with van der Waals surface area (Å²) in [6.07, 6.45) is 2.40. The van der Waals surface area contributed by atoms with Crippen LogP contribution in [0.15, 0.2) is 24.8 Å². The number of benzene rings is 1. The summed E-state index contributed by atoms with van der Waals surface area (Å²) in [5.74, 6) is 0.676. The van der Waals surface area contributed by atoms with Crippen LogP contribution in [0.4, 0.5) is 0 Å². The molecule has 0 aromatic heterocycles. The third-order valence-corrected chi connectivity index (χ3v) is 1.65. The summed E-state index contributed by atoms with van der Waals surface area (Å²) in [6, 6.07) is 5.30. The van der Waals surface area contributed by atoms with Crippen molar-refractivity contribution in [3.8, 4) is 5.75 Å². The van der Waals surface area contributed by atoms with E-state index in [9.17, 15) is 4.79 Å². The van der Waals surface area contributed by atoms with Crippen molar-refractivity contribution in [3.63, 3.8) is 0 Å². The van der Waals surface area contributed by atoms with E-state index in [1.807, 2.05) is 0 Å². The third-order valence-electron chi connectivity index (χ3n) is 1.65. The smallest absolute Gasteiger partial charge is 0.150 e. The quantitative estimate of drug-likeness (QED) is 0.636. The molecule has 0 saturated carbocycles. The fraction of sp³-hybridized carbons (Fsp3) is 0.100. The van der Waals surface area contributed by atoms with E-state index in [0.717, 1.165) is 11.8 Å². The number of carbonyl (C=O) groups is 1. The molecule has 0 N–H and O–H groups in total. The van der Waals surface area contributed by atoms with Crippen molar-refractivity contribution < 1.29 is 9.53 Å². The second-order valence-electron chi connectivity index (χ2n) is 2.29. The Kier molecular flexibility index (Phi) is 2.64. The molecule has 1 aromatic rings. The number of hydrogen-bond donors (Lipinski definition) is 0. The third kappa shape index (κ3) is 1.37. The van der Waals surface area contributed by atoms with Gasteiger partial charge in [0.15, 0.2) is 6.29 Å². The van der Waals surface area contributed by atoms with E-state index in [4.69, 9.17) is 4.74 Å². The number of ether oxygens (including phenoxy) is 1. The van der Waals surface area contributed by atoms with Crippen LogP contribution in [0, 0.1) is 0 Å². The average Bonchev–Trinajstić information content (AvgIpc) is 2.16. The molecule has 0 fully saturated rings. The number of hydrogen-bond acceptors (Lipinski definition) is 2. The van der Waals surface area contributed by atoms with Crippen molar-refractivity contribution in [1.82, 2.24) is 0 Å². The Morgan fingerprint density at radius 3 is 2.75 bits per heavy atom. The van der Waals surface area contributed by atoms with Crippen LogP contribution in [0.25, 0.3) is 6.08 Å². The van der Waals surface area contributed by atoms with Crippen molar-refractivity contribution in [3.05, 3.63) is 35.9 Å². The first-order valence-corrected chi connectivity index (χ1v) is 3.58. The lowest BCUT2D eigenvalue weighted by molar-refractivity contribution is 0.112. The van der Waals surface area contributed by atoms with E-state index in [1.165, 1.54) is 0 Å². The molecule has 12 heavy (non-hydrogen) atoms. The summed E-state index contributed by atoms with van der Waals surface area (Å²) in [5.41, 5.74) is 1.35. The normalized spacial score (nSPS) is 9.08. The van der Waals surface area contributed by atoms with Crippen LogP contribution in [0.1, 0.15) is 15.9 Å². The highest BCUT2D eigenvalue weighted by Gasteiger charge is 2.03. The van der Waals surface area contributed by atoms with Gasteiger partial charge in [-0.2, -0.15) is 0 Å². The first-order chi connectivity index (χ1) is 5.83. The van der Waals surface area contributed by atoms with Crippen LogP contribution in [0.5, 0.6) is 5.75 Å². The summed E-state index contributed by atoms with van der Waals surface area (Å²) < 4.78 is 5.05. The second-order valence-corrected chi connectivity index (χ2v) is 2.29. The maximum Gasteiger partial charge on any atom is 0.150 e. The van der Waals surface area contributed by atoms with Crippen molar-refractivity contribution in [1.29, 1.82) is 0 Å². The van der Waals surface area contributed by atoms with E-state index in [1.54, 1.807) is 31.4 Å². The minimum atomic E-state index is 0.601. The van der Waals surface area contributed by atoms with Crippen LogP contribution < -0.4 is 4.74 Å². The highest BCUT2D eigenvalue weighted by atomic mass is 16.5. The first kappa shape index (κ1) is 8.53. The summed E-state index contributed by atoms with van der Waals surface area (Å²) >= 11 is 0. The Morgan fingerprint density at radius 2 is 2.25 bits per heavy atom. The molecule has 0 bridgehead atoms. The summed E-state index contributed by atoms with van der Waals surface area (Å²) in [4.78, 5) is 10.6. The van der Waals surface area contributed by atoms with Gasteiger partial charge in [-0.25, -0.2) is 0 Å². The highest BCUT2D eigenvalue weighted by molar-refractivity contribution is 5.83. The predicted molar refractivity (Wildman–Crippen MR) is 48.5 cm³/mol. The Hall–Kier alpha value is -1.57. The number of methoxy groups -OCH3 is 1. The molecule has 0 unspecified atom stereocenters. The van der Waals surface area contributed by atoms with E-state index >= 15 is 0 Å². The molecule has 0 saturated heterocycles. The Bertz CT molecular complexity index is 303. The monoisotopic (exact) mass is 162 g/mol. The molecule has 0 atom stereocenters. The molecular weight excluding hydrogens is 152 g/mol. The van der Waals surface area contributed by atoms with Crippen molar-refractivity contribution in [2.24, 2.45) is 0 Å². The summed E-state index contributed by atoms with van der Waals surface area (Å²) in [6.45, 7) is 3.61. The molecule has 0 heterocycles. The van der Waals surface area contributed by atoms with Gasteiger partial charge in [0.25, 0.3) is 0 Å². The maximum atomic E-state index is 10.6. The zero-order valence-corrected chi connectivity index (χ0v) is 6.91. The van der Waals surface area contributed by atoms with Crippen LogP contribution in [0.3, 0.4) is 0 Å². The largest absolute Gasteiger partial charge is 0.496 e. The number of aldehydes is 1. The summed E-state index contributed by atoms with van der Waals surface area (Å²) in [7, 11) is 1.57. The molecule has 0 spiro atoms. The number of carbonyl (C=O) groups excluding carboxylic acids is 1. The molecule has 0 aliphatic heterocycles. The zero-order valence-electron chi connectivity index (χ0n) is 6.91. The minimum absolute atomic E-state index is 0.601. The van der Waals surface area contributed by atoms with Crippen molar-refractivity contribution >= 4 is 12.4 Å². The molecule has 0 aliphatic carbocycles. The van der Waals surface area contributed by atoms with Gasteiger partial charge in [0.1, 0.15) is 5.75 Å². The molecular formula is C10H10O2. The van der Waals surface area contributed by atoms with E-state index in [0.29, 0.717) is 11.3 Å². The molecule has 2 nitrogen and oxygen atoms in total. The van der Waals surface area contributed by atoms with Gasteiger partial charge >= 0.3 is 0 Å². The zero-order chi connectivity index (χ0) is 8.97. The predicted octanol–water partition coefficient (Wildman–Crippen LogP) is 2.15. The fourth-order valence-corrected chi connectivity index (χ4v) is 1.06. The molecule has 1 aromatic carbocycles. The SMILES string of the molecule is C=Cc1c(C=O)cccc1OC. The van der Waals surface area contributed by atoms with Gasteiger partial charge in [0, 0.05) is 11.1 Å². The van der Waals surface area contributed by atoms with Crippen LogP contribution in [-0.4, -0.2) is 13.4 Å². The molecule has 0 aliphatic rings. The van der Waals surface area contributed by atoms with E-state index < -0.39 is 0 Å².